The van der Waals surface area contributed by atoms with E-state index >= 15 is 0 Å². The van der Waals surface area contributed by atoms with Crippen molar-refractivity contribution in [2.24, 2.45) is 0 Å². The Bertz CT molecular complexity index is 795. The summed E-state index contributed by atoms with van der Waals surface area (Å²) in [6.45, 7) is 0. The Kier molecular flexibility index (Phi) is 3.05. The average molecular weight is 291 g/mol. The first-order chi connectivity index (χ1) is 10.1. The molecule has 8 heteroatoms. The summed E-state index contributed by atoms with van der Waals surface area (Å²) in [4.78, 5) is 0. The largest absolute Gasteiger partial charge is 0.399 e. The molecule has 2 aromatic carbocycles. The van der Waals surface area contributed by atoms with Crippen molar-refractivity contribution >= 4 is 5.69 Å². The van der Waals surface area contributed by atoms with Gasteiger partial charge in [0.05, 0.1) is 0 Å². The van der Waals surface area contributed by atoms with Crippen LogP contribution in [0.3, 0.4) is 0 Å². The third-order valence-electron chi connectivity index (χ3n) is 2.81. The summed E-state index contributed by atoms with van der Waals surface area (Å²) < 4.78 is 41.5. The van der Waals surface area contributed by atoms with Crippen LogP contribution in [0.25, 0.3) is 17.1 Å². The number of hydrogen-bond acceptors (Lipinski definition) is 4. The molecule has 0 amide bonds. The molecule has 0 saturated heterocycles. The van der Waals surface area contributed by atoms with Gasteiger partial charge in [0.15, 0.2) is 17.5 Å². The molecule has 106 valence electrons. The molecule has 3 rings (SSSR count). The van der Waals surface area contributed by atoms with E-state index in [9.17, 15) is 13.2 Å². The topological polar surface area (TPSA) is 69.6 Å². The second-order valence-corrected chi connectivity index (χ2v) is 4.26. The van der Waals surface area contributed by atoms with Crippen LogP contribution < -0.4 is 5.73 Å². The van der Waals surface area contributed by atoms with E-state index in [4.69, 9.17) is 5.73 Å². The number of benzene rings is 2. The molecule has 0 bridgehead atoms. The number of nitrogen functional groups attached to an aromatic ring is 1. The van der Waals surface area contributed by atoms with E-state index in [-0.39, 0.29) is 22.8 Å². The number of aromatic nitrogens is 4. The summed E-state index contributed by atoms with van der Waals surface area (Å²) in [6.07, 6.45) is 0. The van der Waals surface area contributed by atoms with Gasteiger partial charge in [-0.1, -0.05) is 6.07 Å². The maximum Gasteiger partial charge on any atom is 0.187 e. The van der Waals surface area contributed by atoms with Gasteiger partial charge in [0, 0.05) is 11.3 Å². The summed E-state index contributed by atoms with van der Waals surface area (Å²) in [5.74, 6) is -2.67. The highest BCUT2D eigenvalue weighted by Gasteiger charge is 2.17. The summed E-state index contributed by atoms with van der Waals surface area (Å²) >= 11 is 0. The van der Waals surface area contributed by atoms with Crippen LogP contribution in [-0.4, -0.2) is 20.2 Å². The van der Waals surface area contributed by atoms with Crippen molar-refractivity contribution < 1.29 is 13.2 Å². The average Bonchev–Trinajstić information content (AvgIpc) is 2.90. The van der Waals surface area contributed by atoms with E-state index in [0.29, 0.717) is 0 Å². The molecule has 0 spiro atoms. The van der Waals surface area contributed by atoms with Crippen molar-refractivity contribution in [3.63, 3.8) is 0 Å². The molecular weight excluding hydrogens is 283 g/mol. The molecule has 0 unspecified atom stereocenters. The van der Waals surface area contributed by atoms with Gasteiger partial charge in [-0.3, -0.25) is 0 Å². The van der Waals surface area contributed by atoms with Crippen LogP contribution in [0.2, 0.25) is 0 Å². The predicted molar refractivity (Wildman–Crippen MR) is 68.9 cm³/mol. The molecule has 1 heterocycles. The van der Waals surface area contributed by atoms with E-state index < -0.39 is 17.5 Å². The van der Waals surface area contributed by atoms with Gasteiger partial charge in [0.1, 0.15) is 11.5 Å². The van der Waals surface area contributed by atoms with Gasteiger partial charge in [-0.15, -0.1) is 5.10 Å². The molecule has 2 N–H and O–H groups in total. The Morgan fingerprint density at radius 2 is 1.86 bits per heavy atom. The van der Waals surface area contributed by atoms with E-state index in [1.165, 1.54) is 18.2 Å². The minimum absolute atomic E-state index is 0.0469. The van der Waals surface area contributed by atoms with Crippen molar-refractivity contribution in [2.45, 2.75) is 0 Å². The molecule has 0 aliphatic rings. The summed E-state index contributed by atoms with van der Waals surface area (Å²) in [7, 11) is 0. The second-order valence-electron chi connectivity index (χ2n) is 4.26. The highest BCUT2D eigenvalue weighted by Crippen LogP contribution is 2.24. The third-order valence-corrected chi connectivity index (χ3v) is 2.81. The number of tetrazole rings is 1. The summed E-state index contributed by atoms with van der Waals surface area (Å²) in [6, 6.07) is 7.31. The minimum atomic E-state index is -1.10. The van der Waals surface area contributed by atoms with Crippen LogP contribution in [-0.2, 0) is 0 Å². The Morgan fingerprint density at radius 1 is 1.05 bits per heavy atom. The fraction of sp³-hybridized carbons (Fsp3) is 0. The molecule has 21 heavy (non-hydrogen) atoms. The maximum absolute atomic E-state index is 13.8. The summed E-state index contributed by atoms with van der Waals surface area (Å²) in [5.41, 5.74) is 5.79. The quantitative estimate of drug-likeness (QED) is 0.736. The van der Waals surface area contributed by atoms with E-state index in [0.717, 1.165) is 22.9 Å². The van der Waals surface area contributed by atoms with Crippen LogP contribution in [0.4, 0.5) is 18.9 Å². The van der Waals surface area contributed by atoms with E-state index in [1.807, 2.05) is 0 Å². The highest BCUT2D eigenvalue weighted by atomic mass is 19.2. The van der Waals surface area contributed by atoms with Gasteiger partial charge in [-0.25, -0.2) is 13.2 Å². The van der Waals surface area contributed by atoms with Gasteiger partial charge in [-0.2, -0.15) is 4.68 Å². The van der Waals surface area contributed by atoms with Crippen molar-refractivity contribution in [1.29, 1.82) is 0 Å². The van der Waals surface area contributed by atoms with Crippen molar-refractivity contribution in [3.8, 4) is 17.1 Å². The standard InChI is InChI=1S/C13H8F3N5/c14-8-4-7(5-9(17)6-8)13-18-19-20-21(13)11-3-1-2-10(15)12(11)16/h1-6H,17H2. The molecule has 1 aromatic heterocycles. The van der Waals surface area contributed by atoms with Gasteiger partial charge >= 0.3 is 0 Å². The van der Waals surface area contributed by atoms with Gasteiger partial charge in [-0.05, 0) is 40.8 Å². The first-order valence-corrected chi connectivity index (χ1v) is 5.85. The maximum atomic E-state index is 13.8. The van der Waals surface area contributed by atoms with Crippen molar-refractivity contribution in [2.75, 3.05) is 5.73 Å². The SMILES string of the molecule is Nc1cc(F)cc(-c2nnnn2-c2cccc(F)c2F)c1. The second kappa shape index (κ2) is 4.89. The van der Waals surface area contributed by atoms with E-state index in [1.54, 1.807) is 0 Å². The number of rotatable bonds is 2. The van der Waals surface area contributed by atoms with Gasteiger partial charge in [0.25, 0.3) is 0 Å². The molecular formula is C13H8F3N5. The molecule has 0 radical (unpaired) electrons. The molecule has 0 aliphatic carbocycles. The zero-order valence-electron chi connectivity index (χ0n) is 10.5. The first-order valence-electron chi connectivity index (χ1n) is 5.85. The molecule has 0 atom stereocenters. The van der Waals surface area contributed by atoms with Crippen LogP contribution >= 0.6 is 0 Å². The zero-order chi connectivity index (χ0) is 15.0. The fourth-order valence-electron chi connectivity index (χ4n) is 1.93. The lowest BCUT2D eigenvalue weighted by atomic mass is 10.2. The predicted octanol–water partition coefficient (Wildman–Crippen LogP) is 2.33. The van der Waals surface area contributed by atoms with Gasteiger partial charge < -0.3 is 5.73 Å². The number of halogens is 3. The lowest BCUT2D eigenvalue weighted by molar-refractivity contribution is 0.501. The third kappa shape index (κ3) is 2.31. The van der Waals surface area contributed by atoms with Crippen LogP contribution in [0, 0.1) is 17.5 Å². The van der Waals surface area contributed by atoms with Crippen molar-refractivity contribution in [3.05, 3.63) is 53.8 Å². The smallest absolute Gasteiger partial charge is 0.187 e. The Hall–Kier alpha value is -2.90. The lowest BCUT2D eigenvalue weighted by Gasteiger charge is -2.07. The van der Waals surface area contributed by atoms with E-state index in [2.05, 4.69) is 15.5 Å². The van der Waals surface area contributed by atoms with Crippen LogP contribution in [0.5, 0.6) is 0 Å². The Morgan fingerprint density at radius 3 is 2.62 bits per heavy atom. The molecule has 5 nitrogen and oxygen atoms in total. The number of anilines is 1. The highest BCUT2D eigenvalue weighted by molar-refractivity contribution is 5.62. The molecule has 0 saturated carbocycles. The number of nitrogens with zero attached hydrogens (tertiary/aromatic N) is 4. The summed E-state index contributed by atoms with van der Waals surface area (Å²) in [5, 5.41) is 10.7. The van der Waals surface area contributed by atoms with Crippen LogP contribution in [0.1, 0.15) is 0 Å². The first kappa shape index (κ1) is 13.1. The zero-order valence-corrected chi connectivity index (χ0v) is 10.5. The number of hydrogen-bond donors (Lipinski definition) is 1. The normalized spacial score (nSPS) is 10.8. The Balaban J connectivity index is 2.19. The minimum Gasteiger partial charge on any atom is -0.399 e. The number of nitrogens with two attached hydrogens (primary N) is 1. The Labute approximate surface area is 116 Å². The molecule has 0 aliphatic heterocycles. The fourth-order valence-corrected chi connectivity index (χ4v) is 1.93. The van der Waals surface area contributed by atoms with Crippen molar-refractivity contribution in [1.82, 2.24) is 20.2 Å². The molecule has 3 aromatic rings. The molecule has 0 fully saturated rings. The van der Waals surface area contributed by atoms with Crippen LogP contribution in [0.15, 0.2) is 36.4 Å². The van der Waals surface area contributed by atoms with Gasteiger partial charge in [0.2, 0.25) is 0 Å². The lowest BCUT2D eigenvalue weighted by Crippen LogP contribution is -2.04. The monoisotopic (exact) mass is 291 g/mol.